The number of aromatic nitrogens is 3. The van der Waals surface area contributed by atoms with Gasteiger partial charge in [-0.3, -0.25) is 0 Å². The number of methoxy groups -OCH3 is 2. The van der Waals surface area contributed by atoms with E-state index in [1.54, 1.807) is 25.6 Å². The lowest BCUT2D eigenvalue weighted by molar-refractivity contribution is 0.415. The van der Waals surface area contributed by atoms with Crippen LogP contribution in [0.5, 0.6) is 11.5 Å². The Labute approximate surface area is 143 Å². The van der Waals surface area contributed by atoms with Crippen LogP contribution in [0.1, 0.15) is 0 Å². The second-order valence-corrected chi connectivity index (χ2v) is 6.17. The minimum atomic E-state index is 0.833. The molecule has 0 aliphatic carbocycles. The molecule has 120 valence electrons. The molecule has 0 unspecified atom stereocenters. The van der Waals surface area contributed by atoms with E-state index in [0.29, 0.717) is 0 Å². The van der Waals surface area contributed by atoms with Gasteiger partial charge < -0.3 is 9.47 Å². The maximum Gasteiger partial charge on any atom is 0.213 e. The monoisotopic (exact) mass is 337 g/mol. The molecule has 4 aromatic rings. The number of hydrogen-bond acceptors (Lipinski definition) is 5. The van der Waals surface area contributed by atoms with Crippen molar-refractivity contribution in [3.63, 3.8) is 0 Å². The quantitative estimate of drug-likeness (QED) is 0.561. The molecule has 0 amide bonds. The Morgan fingerprint density at radius 1 is 0.833 bits per heavy atom. The third-order valence-corrected chi connectivity index (χ3v) is 4.74. The van der Waals surface area contributed by atoms with Crippen LogP contribution in [0.15, 0.2) is 54.7 Å². The Morgan fingerprint density at radius 2 is 1.42 bits per heavy atom. The lowest BCUT2D eigenvalue weighted by Crippen LogP contribution is -1.85. The molecule has 2 aromatic carbocycles. The van der Waals surface area contributed by atoms with Gasteiger partial charge in [0.05, 0.1) is 26.1 Å². The average Bonchev–Trinajstić information content (AvgIpc) is 3.21. The van der Waals surface area contributed by atoms with Crippen molar-refractivity contribution in [3.8, 4) is 33.3 Å². The summed E-state index contributed by atoms with van der Waals surface area (Å²) < 4.78 is 12.2. The van der Waals surface area contributed by atoms with Crippen molar-refractivity contribution < 1.29 is 9.47 Å². The van der Waals surface area contributed by atoms with Crippen LogP contribution in [-0.2, 0) is 0 Å². The van der Waals surface area contributed by atoms with Crippen molar-refractivity contribution in [2.75, 3.05) is 14.2 Å². The molecule has 0 aliphatic rings. The molecule has 24 heavy (non-hydrogen) atoms. The Hall–Kier alpha value is -2.86. The van der Waals surface area contributed by atoms with Gasteiger partial charge in [-0.2, -0.15) is 5.10 Å². The molecule has 4 rings (SSSR count). The fourth-order valence-corrected chi connectivity index (χ4v) is 3.34. The molecule has 0 saturated carbocycles. The fourth-order valence-electron chi connectivity index (χ4n) is 2.45. The zero-order valence-electron chi connectivity index (χ0n) is 13.3. The molecule has 2 heterocycles. The summed E-state index contributed by atoms with van der Waals surface area (Å²) in [7, 11) is 3.32. The first kappa shape index (κ1) is 14.7. The van der Waals surface area contributed by atoms with E-state index in [9.17, 15) is 0 Å². The van der Waals surface area contributed by atoms with Crippen LogP contribution >= 0.6 is 11.3 Å². The van der Waals surface area contributed by atoms with Crippen LogP contribution in [0, 0.1) is 0 Å². The highest BCUT2D eigenvalue weighted by Gasteiger charge is 2.11. The van der Waals surface area contributed by atoms with Gasteiger partial charge >= 0.3 is 0 Å². The molecule has 0 saturated heterocycles. The van der Waals surface area contributed by atoms with Crippen molar-refractivity contribution >= 4 is 16.3 Å². The second kappa shape index (κ2) is 5.98. The number of hydrogen-bond donors (Lipinski definition) is 0. The van der Waals surface area contributed by atoms with Gasteiger partial charge in [0.15, 0.2) is 0 Å². The number of nitrogens with zero attached hydrogens (tertiary/aromatic N) is 3. The van der Waals surface area contributed by atoms with Gasteiger partial charge in [-0.05, 0) is 48.5 Å². The summed E-state index contributed by atoms with van der Waals surface area (Å²) in [6, 6.07) is 15.7. The van der Waals surface area contributed by atoms with Gasteiger partial charge in [0.25, 0.3) is 0 Å². The highest BCUT2D eigenvalue weighted by molar-refractivity contribution is 7.19. The van der Waals surface area contributed by atoms with E-state index < -0.39 is 0 Å². The SMILES string of the molecule is COc1ccc(-c2cn3nc(-c4ccc(OC)cc4)sc3n2)cc1. The number of rotatable bonds is 4. The largest absolute Gasteiger partial charge is 0.497 e. The maximum atomic E-state index is 5.19. The Kier molecular flexibility index (Phi) is 3.66. The summed E-state index contributed by atoms with van der Waals surface area (Å²) in [5.74, 6) is 1.67. The standard InChI is InChI=1S/C18H15N3O2S/c1-22-14-7-3-12(4-8-14)16-11-21-18(19-16)24-17(20-21)13-5-9-15(23-2)10-6-13/h3-11H,1-2H3. The molecule has 6 heteroatoms. The van der Waals surface area contributed by atoms with Gasteiger partial charge in [-0.1, -0.05) is 11.3 Å². The van der Waals surface area contributed by atoms with Crippen molar-refractivity contribution in [2.45, 2.75) is 0 Å². The molecular formula is C18H15N3O2S. The summed E-state index contributed by atoms with van der Waals surface area (Å²) in [6.45, 7) is 0. The van der Waals surface area contributed by atoms with E-state index in [4.69, 9.17) is 9.47 Å². The molecule has 5 nitrogen and oxygen atoms in total. The van der Waals surface area contributed by atoms with Crippen molar-refractivity contribution in [2.24, 2.45) is 0 Å². The molecule has 0 radical (unpaired) electrons. The van der Waals surface area contributed by atoms with Crippen LogP contribution in [0.3, 0.4) is 0 Å². The Balaban J connectivity index is 1.66. The van der Waals surface area contributed by atoms with Crippen molar-refractivity contribution in [1.29, 1.82) is 0 Å². The minimum absolute atomic E-state index is 0.833. The van der Waals surface area contributed by atoms with E-state index in [1.165, 1.54) is 0 Å². The van der Waals surface area contributed by atoms with Gasteiger partial charge in [-0.25, -0.2) is 9.50 Å². The highest BCUT2D eigenvalue weighted by Crippen LogP contribution is 2.29. The van der Waals surface area contributed by atoms with Crippen LogP contribution < -0.4 is 9.47 Å². The zero-order valence-corrected chi connectivity index (χ0v) is 14.1. The topological polar surface area (TPSA) is 48.7 Å². The third kappa shape index (κ3) is 2.61. The molecule has 0 spiro atoms. The Bertz CT molecular complexity index is 863. The fraction of sp³-hybridized carbons (Fsp3) is 0.111. The van der Waals surface area contributed by atoms with Crippen LogP contribution in [0.25, 0.3) is 26.8 Å². The van der Waals surface area contributed by atoms with Gasteiger partial charge in [0.1, 0.15) is 16.5 Å². The van der Waals surface area contributed by atoms with E-state index in [1.807, 2.05) is 59.2 Å². The number of imidazole rings is 1. The summed E-state index contributed by atoms with van der Waals surface area (Å²) in [4.78, 5) is 5.54. The van der Waals surface area contributed by atoms with E-state index in [0.717, 1.165) is 38.3 Å². The van der Waals surface area contributed by atoms with E-state index in [2.05, 4.69) is 10.1 Å². The van der Waals surface area contributed by atoms with Crippen LogP contribution in [0.2, 0.25) is 0 Å². The Morgan fingerprint density at radius 3 is 1.96 bits per heavy atom. The first-order chi connectivity index (χ1) is 11.8. The lowest BCUT2D eigenvalue weighted by atomic mass is 10.2. The van der Waals surface area contributed by atoms with Gasteiger partial charge in [-0.15, -0.1) is 0 Å². The summed E-state index contributed by atoms with van der Waals surface area (Å²) in [6.07, 6.45) is 1.95. The first-order valence-electron chi connectivity index (χ1n) is 7.42. The van der Waals surface area contributed by atoms with Gasteiger partial charge in [0.2, 0.25) is 4.96 Å². The highest BCUT2D eigenvalue weighted by atomic mass is 32.1. The molecule has 0 atom stereocenters. The molecular weight excluding hydrogens is 322 g/mol. The molecule has 2 aromatic heterocycles. The summed E-state index contributed by atoms with van der Waals surface area (Å²) in [5.41, 5.74) is 2.99. The molecule has 0 aliphatic heterocycles. The predicted octanol–water partition coefficient (Wildman–Crippen LogP) is 4.14. The first-order valence-corrected chi connectivity index (χ1v) is 8.23. The van der Waals surface area contributed by atoms with Crippen LogP contribution in [-0.4, -0.2) is 28.8 Å². The predicted molar refractivity (Wildman–Crippen MR) is 94.8 cm³/mol. The third-order valence-electron chi connectivity index (χ3n) is 3.77. The maximum absolute atomic E-state index is 5.19. The number of benzene rings is 2. The smallest absolute Gasteiger partial charge is 0.213 e. The van der Waals surface area contributed by atoms with E-state index >= 15 is 0 Å². The van der Waals surface area contributed by atoms with Crippen LogP contribution in [0.4, 0.5) is 0 Å². The lowest BCUT2D eigenvalue weighted by Gasteiger charge is -2.00. The summed E-state index contributed by atoms with van der Waals surface area (Å²) >= 11 is 1.56. The zero-order chi connectivity index (χ0) is 16.5. The normalized spacial score (nSPS) is 10.9. The minimum Gasteiger partial charge on any atom is -0.497 e. The van der Waals surface area contributed by atoms with Gasteiger partial charge in [0, 0.05) is 11.1 Å². The molecule has 0 fully saturated rings. The van der Waals surface area contributed by atoms with E-state index in [-0.39, 0.29) is 0 Å². The summed E-state index contributed by atoms with van der Waals surface area (Å²) in [5, 5.41) is 5.56. The molecule has 0 N–H and O–H groups in total. The average molecular weight is 337 g/mol. The van der Waals surface area contributed by atoms with Crippen molar-refractivity contribution in [1.82, 2.24) is 14.6 Å². The number of fused-ring (bicyclic) bond motifs is 1. The van der Waals surface area contributed by atoms with Crippen molar-refractivity contribution in [3.05, 3.63) is 54.7 Å². The second-order valence-electron chi connectivity index (χ2n) is 5.22. The molecule has 0 bridgehead atoms. The number of ether oxygens (including phenoxy) is 2.